The van der Waals surface area contributed by atoms with Crippen molar-refractivity contribution in [1.82, 2.24) is 4.98 Å². The van der Waals surface area contributed by atoms with Crippen molar-refractivity contribution >= 4 is 12.0 Å². The summed E-state index contributed by atoms with van der Waals surface area (Å²) in [7, 11) is 0. The first-order valence-electron chi connectivity index (χ1n) is 3.81. The van der Waals surface area contributed by atoms with Crippen LogP contribution in [-0.2, 0) is 9.53 Å². The average molecular weight is 165 g/mol. The molecule has 0 aliphatic rings. The second kappa shape index (κ2) is 4.38. The van der Waals surface area contributed by atoms with Gasteiger partial charge in [-0.2, -0.15) is 0 Å². The van der Waals surface area contributed by atoms with Gasteiger partial charge in [0.2, 0.25) is 0 Å². The van der Waals surface area contributed by atoms with Crippen LogP contribution >= 0.6 is 0 Å². The molecule has 1 heterocycles. The van der Waals surface area contributed by atoms with Crippen LogP contribution in [0, 0.1) is 0 Å². The van der Waals surface area contributed by atoms with Gasteiger partial charge in [-0.3, -0.25) is 0 Å². The van der Waals surface area contributed by atoms with Crippen LogP contribution in [0.15, 0.2) is 24.4 Å². The Balaban J connectivity index is 2.45. The Morgan fingerprint density at radius 2 is 2.58 bits per heavy atom. The first-order valence-corrected chi connectivity index (χ1v) is 3.81. The van der Waals surface area contributed by atoms with Gasteiger partial charge in [-0.05, 0) is 25.1 Å². The molecular formula is C9H11NO2. The fourth-order valence-electron chi connectivity index (χ4n) is 0.796. The van der Waals surface area contributed by atoms with Crippen LogP contribution in [0.25, 0.3) is 6.08 Å². The molecule has 0 bridgehead atoms. The van der Waals surface area contributed by atoms with E-state index < -0.39 is 0 Å². The van der Waals surface area contributed by atoms with E-state index in [-0.39, 0.29) is 5.97 Å². The molecule has 1 rings (SSSR count). The molecule has 0 radical (unpaired) electrons. The van der Waals surface area contributed by atoms with Gasteiger partial charge in [0, 0.05) is 18.0 Å². The lowest BCUT2D eigenvalue weighted by Gasteiger charge is -1.93. The van der Waals surface area contributed by atoms with Crippen molar-refractivity contribution in [2.75, 3.05) is 6.61 Å². The number of H-pyrrole nitrogens is 1. The predicted molar refractivity (Wildman–Crippen MR) is 46.5 cm³/mol. The van der Waals surface area contributed by atoms with Gasteiger partial charge in [0.25, 0.3) is 0 Å². The fraction of sp³-hybridized carbons (Fsp3) is 0.222. The maximum absolute atomic E-state index is 10.8. The van der Waals surface area contributed by atoms with Gasteiger partial charge in [0.05, 0.1) is 6.61 Å². The zero-order valence-electron chi connectivity index (χ0n) is 6.91. The first-order chi connectivity index (χ1) is 5.83. The zero-order chi connectivity index (χ0) is 8.81. The third kappa shape index (κ3) is 2.62. The molecule has 0 fully saturated rings. The summed E-state index contributed by atoms with van der Waals surface area (Å²) in [5.41, 5.74) is 0.892. The molecule has 3 nitrogen and oxygen atoms in total. The van der Waals surface area contributed by atoms with Crippen molar-refractivity contribution in [3.63, 3.8) is 0 Å². The molecule has 1 aromatic heterocycles. The van der Waals surface area contributed by atoms with E-state index in [1.165, 1.54) is 6.08 Å². The first kappa shape index (κ1) is 8.59. The molecule has 0 amide bonds. The standard InChI is InChI=1S/C9H11NO2/c1-2-12-9(11)6-5-8-4-3-7-10-8/h3-7,10H,2H2,1H3. The van der Waals surface area contributed by atoms with E-state index >= 15 is 0 Å². The monoisotopic (exact) mass is 165 g/mol. The molecule has 0 aliphatic carbocycles. The Bertz CT molecular complexity index is 262. The predicted octanol–water partition coefficient (Wildman–Crippen LogP) is 1.59. The SMILES string of the molecule is CCOC(=O)C=Cc1ccc[nH]1. The van der Waals surface area contributed by atoms with Crippen molar-refractivity contribution in [1.29, 1.82) is 0 Å². The fourth-order valence-corrected chi connectivity index (χ4v) is 0.796. The molecule has 1 aromatic rings. The Kier molecular flexibility index (Phi) is 3.14. The van der Waals surface area contributed by atoms with Crippen LogP contribution in [0.1, 0.15) is 12.6 Å². The smallest absolute Gasteiger partial charge is 0.330 e. The molecule has 64 valence electrons. The molecule has 0 spiro atoms. The number of rotatable bonds is 3. The molecule has 0 aromatic carbocycles. The lowest BCUT2D eigenvalue weighted by atomic mass is 10.4. The van der Waals surface area contributed by atoms with E-state index in [1.807, 2.05) is 12.1 Å². The highest BCUT2D eigenvalue weighted by molar-refractivity contribution is 5.86. The second-order valence-electron chi connectivity index (χ2n) is 2.21. The summed E-state index contributed by atoms with van der Waals surface area (Å²) in [6.07, 6.45) is 4.87. The normalized spacial score (nSPS) is 10.4. The Labute approximate surface area is 71.1 Å². The lowest BCUT2D eigenvalue weighted by molar-refractivity contribution is -0.137. The van der Waals surface area contributed by atoms with Crippen LogP contribution in [0.2, 0.25) is 0 Å². The second-order valence-corrected chi connectivity index (χ2v) is 2.21. The Hall–Kier alpha value is -1.51. The summed E-state index contributed by atoms with van der Waals surface area (Å²) in [4.78, 5) is 13.8. The minimum absolute atomic E-state index is 0.313. The van der Waals surface area contributed by atoms with Gasteiger partial charge < -0.3 is 9.72 Å². The maximum Gasteiger partial charge on any atom is 0.330 e. The van der Waals surface area contributed by atoms with Crippen LogP contribution in [0.5, 0.6) is 0 Å². The molecule has 1 N–H and O–H groups in total. The highest BCUT2D eigenvalue weighted by atomic mass is 16.5. The molecule has 0 aliphatic heterocycles. The Morgan fingerprint density at radius 3 is 3.17 bits per heavy atom. The van der Waals surface area contributed by atoms with E-state index in [0.717, 1.165) is 5.69 Å². The summed E-state index contributed by atoms with van der Waals surface area (Å²) >= 11 is 0. The number of hydrogen-bond donors (Lipinski definition) is 1. The summed E-state index contributed by atoms with van der Waals surface area (Å²) < 4.78 is 4.70. The zero-order valence-corrected chi connectivity index (χ0v) is 6.91. The van der Waals surface area contributed by atoms with Crippen molar-refractivity contribution < 1.29 is 9.53 Å². The van der Waals surface area contributed by atoms with Crippen LogP contribution in [0.4, 0.5) is 0 Å². The van der Waals surface area contributed by atoms with Gasteiger partial charge >= 0.3 is 5.97 Å². The average Bonchev–Trinajstić information content (AvgIpc) is 2.53. The van der Waals surface area contributed by atoms with Crippen molar-refractivity contribution in [2.24, 2.45) is 0 Å². The van der Waals surface area contributed by atoms with Gasteiger partial charge in [0.15, 0.2) is 0 Å². The van der Waals surface area contributed by atoms with E-state index in [9.17, 15) is 4.79 Å². The highest BCUT2D eigenvalue weighted by Crippen LogP contribution is 1.97. The van der Waals surface area contributed by atoms with Crippen molar-refractivity contribution in [3.8, 4) is 0 Å². The summed E-state index contributed by atoms with van der Waals surface area (Å²) in [5, 5.41) is 0. The number of ether oxygens (including phenoxy) is 1. The molecule has 0 saturated heterocycles. The number of carbonyl (C=O) groups is 1. The lowest BCUT2D eigenvalue weighted by Crippen LogP contribution is -1.98. The number of esters is 1. The van der Waals surface area contributed by atoms with Gasteiger partial charge in [-0.25, -0.2) is 4.79 Å². The number of aromatic nitrogens is 1. The molecular weight excluding hydrogens is 154 g/mol. The quantitative estimate of drug-likeness (QED) is 0.546. The number of aromatic amines is 1. The van der Waals surface area contributed by atoms with Crippen LogP contribution < -0.4 is 0 Å². The number of carbonyl (C=O) groups excluding carboxylic acids is 1. The molecule has 0 atom stereocenters. The van der Waals surface area contributed by atoms with Crippen LogP contribution in [0.3, 0.4) is 0 Å². The summed E-state index contributed by atoms with van der Waals surface area (Å²) in [6, 6.07) is 3.74. The summed E-state index contributed by atoms with van der Waals surface area (Å²) in [6.45, 7) is 2.19. The van der Waals surface area contributed by atoms with E-state index in [1.54, 1.807) is 19.2 Å². The highest BCUT2D eigenvalue weighted by Gasteiger charge is 1.92. The van der Waals surface area contributed by atoms with Crippen molar-refractivity contribution in [2.45, 2.75) is 6.92 Å². The minimum Gasteiger partial charge on any atom is -0.463 e. The number of nitrogens with one attached hydrogen (secondary N) is 1. The van der Waals surface area contributed by atoms with Gasteiger partial charge in [-0.15, -0.1) is 0 Å². The van der Waals surface area contributed by atoms with Crippen molar-refractivity contribution in [3.05, 3.63) is 30.1 Å². The van der Waals surface area contributed by atoms with E-state index in [2.05, 4.69) is 4.98 Å². The molecule has 0 unspecified atom stereocenters. The topological polar surface area (TPSA) is 42.1 Å². The molecule has 3 heteroatoms. The third-order valence-corrected chi connectivity index (χ3v) is 1.31. The maximum atomic E-state index is 10.8. The largest absolute Gasteiger partial charge is 0.463 e. The minimum atomic E-state index is -0.313. The molecule has 0 saturated carbocycles. The van der Waals surface area contributed by atoms with E-state index in [0.29, 0.717) is 6.61 Å². The Morgan fingerprint density at radius 1 is 1.75 bits per heavy atom. The van der Waals surface area contributed by atoms with E-state index in [4.69, 9.17) is 4.74 Å². The number of hydrogen-bond acceptors (Lipinski definition) is 2. The van der Waals surface area contributed by atoms with Crippen LogP contribution in [-0.4, -0.2) is 17.6 Å². The van der Waals surface area contributed by atoms with Gasteiger partial charge in [0.1, 0.15) is 0 Å². The summed E-state index contributed by atoms with van der Waals surface area (Å²) in [5.74, 6) is -0.313. The molecule has 12 heavy (non-hydrogen) atoms. The third-order valence-electron chi connectivity index (χ3n) is 1.31. The van der Waals surface area contributed by atoms with Gasteiger partial charge in [-0.1, -0.05) is 0 Å².